The van der Waals surface area contributed by atoms with Gasteiger partial charge in [0, 0.05) is 6.54 Å². The molecule has 5 nitrogen and oxygen atoms in total. The van der Waals surface area contributed by atoms with Crippen LogP contribution in [-0.2, 0) is 7.05 Å². The summed E-state index contributed by atoms with van der Waals surface area (Å²) in [5.74, 6) is 0.709. The smallest absolute Gasteiger partial charge is 0.197 e. The minimum Gasteiger partial charge on any atom is -0.313 e. The molecular formula is C8H13N5. The molecule has 0 aromatic carbocycles. The largest absolute Gasteiger partial charge is 0.313 e. The molecule has 70 valence electrons. The summed E-state index contributed by atoms with van der Waals surface area (Å²) in [4.78, 5) is 1.47. The quantitative estimate of drug-likeness (QED) is 0.658. The SMILES string of the molecule is Cn1nnc(/C=C2/CCCNC2)n1. The lowest BCUT2D eigenvalue weighted by atomic mass is 10.1. The van der Waals surface area contributed by atoms with Crippen LogP contribution in [-0.4, -0.2) is 33.3 Å². The molecule has 0 bridgehead atoms. The molecule has 0 saturated carbocycles. The van der Waals surface area contributed by atoms with Crippen LogP contribution < -0.4 is 5.32 Å². The van der Waals surface area contributed by atoms with Gasteiger partial charge in [0.25, 0.3) is 0 Å². The van der Waals surface area contributed by atoms with Crippen LogP contribution in [0.4, 0.5) is 0 Å². The van der Waals surface area contributed by atoms with Gasteiger partial charge >= 0.3 is 0 Å². The van der Waals surface area contributed by atoms with Crippen molar-refractivity contribution in [3.63, 3.8) is 0 Å². The summed E-state index contributed by atoms with van der Waals surface area (Å²) in [7, 11) is 1.77. The highest BCUT2D eigenvalue weighted by atomic mass is 15.6. The Balaban J connectivity index is 2.09. The van der Waals surface area contributed by atoms with Gasteiger partial charge in [-0.3, -0.25) is 0 Å². The molecule has 0 spiro atoms. The van der Waals surface area contributed by atoms with Crippen molar-refractivity contribution in [1.82, 2.24) is 25.5 Å². The maximum absolute atomic E-state index is 4.10. The van der Waals surface area contributed by atoms with Gasteiger partial charge in [-0.05, 0) is 30.7 Å². The first-order chi connectivity index (χ1) is 6.34. The molecular weight excluding hydrogens is 166 g/mol. The zero-order valence-electron chi connectivity index (χ0n) is 7.69. The minimum atomic E-state index is 0.709. The van der Waals surface area contributed by atoms with E-state index in [-0.39, 0.29) is 0 Å². The molecule has 0 unspecified atom stereocenters. The Morgan fingerprint density at radius 2 is 2.46 bits per heavy atom. The van der Waals surface area contributed by atoms with Gasteiger partial charge in [0.15, 0.2) is 5.82 Å². The Labute approximate surface area is 76.8 Å². The second-order valence-electron chi connectivity index (χ2n) is 3.22. The molecule has 1 aliphatic rings. The first-order valence-electron chi connectivity index (χ1n) is 4.49. The van der Waals surface area contributed by atoms with Crippen LogP contribution in [0.1, 0.15) is 18.7 Å². The molecule has 0 amide bonds. The Kier molecular flexibility index (Phi) is 2.35. The van der Waals surface area contributed by atoms with Gasteiger partial charge < -0.3 is 5.32 Å². The molecule has 1 N–H and O–H groups in total. The normalized spacial score (nSPS) is 20.8. The third-order valence-corrected chi connectivity index (χ3v) is 2.06. The van der Waals surface area contributed by atoms with Gasteiger partial charge in [0.2, 0.25) is 0 Å². The van der Waals surface area contributed by atoms with Crippen LogP contribution >= 0.6 is 0 Å². The second-order valence-corrected chi connectivity index (χ2v) is 3.22. The van der Waals surface area contributed by atoms with Crippen LogP contribution in [0.3, 0.4) is 0 Å². The molecule has 1 aliphatic heterocycles. The summed E-state index contributed by atoms with van der Waals surface area (Å²) in [5.41, 5.74) is 1.36. The topological polar surface area (TPSA) is 55.6 Å². The summed E-state index contributed by atoms with van der Waals surface area (Å²) in [6, 6.07) is 0. The second kappa shape index (κ2) is 3.66. The van der Waals surface area contributed by atoms with Crippen LogP contribution in [0.2, 0.25) is 0 Å². The van der Waals surface area contributed by atoms with Crippen molar-refractivity contribution in [2.75, 3.05) is 13.1 Å². The Morgan fingerprint density at radius 1 is 1.54 bits per heavy atom. The Bertz CT molecular complexity index is 306. The van der Waals surface area contributed by atoms with Gasteiger partial charge in [-0.15, -0.1) is 10.2 Å². The lowest BCUT2D eigenvalue weighted by Gasteiger charge is -2.14. The summed E-state index contributed by atoms with van der Waals surface area (Å²) < 4.78 is 0. The fraction of sp³-hybridized carbons (Fsp3) is 0.625. The number of rotatable bonds is 1. The number of hydrogen-bond acceptors (Lipinski definition) is 4. The average Bonchev–Trinajstić information content (AvgIpc) is 2.53. The van der Waals surface area contributed by atoms with E-state index in [1.807, 2.05) is 6.08 Å². The molecule has 13 heavy (non-hydrogen) atoms. The molecule has 0 atom stereocenters. The van der Waals surface area contributed by atoms with Crippen LogP contribution in [0.25, 0.3) is 6.08 Å². The van der Waals surface area contributed by atoms with Gasteiger partial charge in [-0.25, -0.2) is 0 Å². The van der Waals surface area contributed by atoms with Crippen LogP contribution in [0, 0.1) is 0 Å². The van der Waals surface area contributed by atoms with E-state index < -0.39 is 0 Å². The summed E-state index contributed by atoms with van der Waals surface area (Å²) in [5, 5.41) is 15.1. The number of nitrogens with zero attached hydrogens (tertiary/aromatic N) is 4. The van der Waals surface area contributed by atoms with E-state index in [9.17, 15) is 0 Å². The predicted molar refractivity (Wildman–Crippen MR) is 48.9 cm³/mol. The van der Waals surface area contributed by atoms with E-state index in [1.54, 1.807) is 7.05 Å². The number of aromatic nitrogens is 4. The summed E-state index contributed by atoms with van der Waals surface area (Å²) in [6.45, 7) is 2.07. The molecule has 1 fully saturated rings. The Hall–Kier alpha value is -1.23. The molecule has 1 aromatic rings. The number of nitrogens with one attached hydrogen (secondary N) is 1. The van der Waals surface area contributed by atoms with E-state index in [1.165, 1.54) is 16.8 Å². The van der Waals surface area contributed by atoms with Crippen molar-refractivity contribution in [1.29, 1.82) is 0 Å². The summed E-state index contributed by atoms with van der Waals surface area (Å²) >= 11 is 0. The van der Waals surface area contributed by atoms with E-state index in [0.717, 1.165) is 19.5 Å². The highest BCUT2D eigenvalue weighted by Crippen LogP contribution is 2.10. The summed E-state index contributed by atoms with van der Waals surface area (Å²) in [6.07, 6.45) is 4.36. The van der Waals surface area contributed by atoms with Crippen molar-refractivity contribution < 1.29 is 0 Å². The third kappa shape index (κ3) is 2.12. The minimum absolute atomic E-state index is 0.709. The monoisotopic (exact) mass is 179 g/mol. The van der Waals surface area contributed by atoms with E-state index in [0.29, 0.717) is 5.82 Å². The van der Waals surface area contributed by atoms with Gasteiger partial charge in [0.05, 0.1) is 7.05 Å². The standard InChI is InChI=1S/C8H13N5/c1-13-11-8(10-12-13)5-7-3-2-4-9-6-7/h5,9H,2-4,6H2,1H3/b7-5-. The van der Waals surface area contributed by atoms with Crippen LogP contribution in [0.5, 0.6) is 0 Å². The van der Waals surface area contributed by atoms with Crippen molar-refractivity contribution in [3.8, 4) is 0 Å². The van der Waals surface area contributed by atoms with E-state index in [4.69, 9.17) is 0 Å². The zero-order chi connectivity index (χ0) is 9.10. The maximum atomic E-state index is 4.10. The molecule has 2 rings (SSSR count). The van der Waals surface area contributed by atoms with Gasteiger partial charge in [-0.2, -0.15) is 4.80 Å². The van der Waals surface area contributed by atoms with Crippen molar-refractivity contribution >= 4 is 6.08 Å². The predicted octanol–water partition coefficient (Wildman–Crippen LogP) is -0.0231. The van der Waals surface area contributed by atoms with E-state index >= 15 is 0 Å². The highest BCUT2D eigenvalue weighted by Gasteiger charge is 2.05. The maximum Gasteiger partial charge on any atom is 0.197 e. The first kappa shape index (κ1) is 8.37. The molecule has 1 saturated heterocycles. The number of hydrogen-bond donors (Lipinski definition) is 1. The van der Waals surface area contributed by atoms with Gasteiger partial charge in [0.1, 0.15) is 0 Å². The van der Waals surface area contributed by atoms with Gasteiger partial charge in [-0.1, -0.05) is 5.57 Å². The molecule has 0 aliphatic carbocycles. The zero-order valence-corrected chi connectivity index (χ0v) is 7.69. The number of aryl methyl sites for hydroxylation is 1. The number of tetrazole rings is 1. The molecule has 0 radical (unpaired) electrons. The highest BCUT2D eigenvalue weighted by molar-refractivity contribution is 5.44. The van der Waals surface area contributed by atoms with E-state index in [2.05, 4.69) is 20.7 Å². The fourth-order valence-electron chi connectivity index (χ4n) is 1.44. The molecule has 5 heteroatoms. The average molecular weight is 179 g/mol. The fourth-order valence-corrected chi connectivity index (χ4v) is 1.44. The van der Waals surface area contributed by atoms with Crippen molar-refractivity contribution in [3.05, 3.63) is 11.4 Å². The Morgan fingerprint density at radius 3 is 3.08 bits per heavy atom. The molecule has 1 aromatic heterocycles. The van der Waals surface area contributed by atoms with Crippen molar-refractivity contribution in [2.45, 2.75) is 12.8 Å². The molecule has 2 heterocycles. The number of piperidine rings is 1. The van der Waals surface area contributed by atoms with Crippen molar-refractivity contribution in [2.24, 2.45) is 7.05 Å². The third-order valence-electron chi connectivity index (χ3n) is 2.06. The lowest BCUT2D eigenvalue weighted by Crippen LogP contribution is -2.23. The lowest BCUT2D eigenvalue weighted by molar-refractivity contribution is 0.612. The first-order valence-corrected chi connectivity index (χ1v) is 4.49. The van der Waals surface area contributed by atoms with Crippen LogP contribution in [0.15, 0.2) is 5.57 Å².